The molecule has 2 N–H and O–H groups in total. The van der Waals surface area contributed by atoms with Crippen LogP contribution in [0.1, 0.15) is 40.2 Å². The molecule has 1 aliphatic heterocycles. The van der Waals surface area contributed by atoms with Gasteiger partial charge in [-0.2, -0.15) is 5.10 Å². The highest BCUT2D eigenvalue weighted by molar-refractivity contribution is 9.10. The molecule has 2 aromatic rings. The Morgan fingerprint density at radius 2 is 2.08 bits per heavy atom. The molecule has 1 fully saturated rings. The van der Waals surface area contributed by atoms with Crippen LogP contribution in [0.15, 0.2) is 28.7 Å². The van der Waals surface area contributed by atoms with Crippen LogP contribution < -0.4 is 5.32 Å². The highest BCUT2D eigenvalue weighted by atomic mass is 79.9. The maximum Gasteiger partial charge on any atom is 0.274 e. The molecule has 126 valence electrons. The second kappa shape index (κ2) is 6.01. The number of benzene rings is 1. The van der Waals surface area contributed by atoms with Crippen molar-refractivity contribution in [2.45, 2.75) is 31.2 Å². The Hall–Kier alpha value is -1.66. The van der Waals surface area contributed by atoms with Gasteiger partial charge in [-0.3, -0.25) is 9.89 Å². The van der Waals surface area contributed by atoms with Crippen molar-refractivity contribution in [1.82, 2.24) is 20.4 Å². The van der Waals surface area contributed by atoms with Gasteiger partial charge in [0.2, 0.25) is 0 Å². The first-order chi connectivity index (χ1) is 11.6. The summed E-state index contributed by atoms with van der Waals surface area (Å²) in [5.41, 5.74) is 4.13. The van der Waals surface area contributed by atoms with Gasteiger partial charge in [-0.15, -0.1) is 0 Å². The summed E-state index contributed by atoms with van der Waals surface area (Å²) in [6.45, 7) is 2.40. The van der Waals surface area contributed by atoms with E-state index in [9.17, 15) is 4.79 Å². The number of halogens is 1. The fourth-order valence-electron chi connectivity index (χ4n) is 3.60. The van der Waals surface area contributed by atoms with E-state index in [1.54, 1.807) is 0 Å². The molecule has 6 heteroatoms. The first-order valence-electron chi connectivity index (χ1n) is 8.37. The Balaban J connectivity index is 1.52. The van der Waals surface area contributed by atoms with Crippen molar-refractivity contribution in [3.63, 3.8) is 0 Å². The van der Waals surface area contributed by atoms with Crippen molar-refractivity contribution in [2.75, 3.05) is 20.1 Å². The van der Waals surface area contributed by atoms with E-state index >= 15 is 0 Å². The minimum atomic E-state index is 0.0135. The van der Waals surface area contributed by atoms with Gasteiger partial charge in [0.1, 0.15) is 0 Å². The van der Waals surface area contributed by atoms with Crippen LogP contribution in [-0.4, -0.2) is 41.1 Å². The van der Waals surface area contributed by atoms with Crippen molar-refractivity contribution < 1.29 is 4.79 Å². The first-order valence-corrected chi connectivity index (χ1v) is 9.17. The van der Waals surface area contributed by atoms with E-state index in [1.807, 2.05) is 11.9 Å². The molecule has 2 aliphatic rings. The predicted molar refractivity (Wildman–Crippen MR) is 96.0 cm³/mol. The van der Waals surface area contributed by atoms with Crippen LogP contribution in [0.5, 0.6) is 0 Å². The number of aromatic amines is 1. The molecule has 0 bridgehead atoms. The zero-order chi connectivity index (χ0) is 16.7. The van der Waals surface area contributed by atoms with Gasteiger partial charge in [0.15, 0.2) is 5.69 Å². The molecule has 0 unspecified atom stereocenters. The van der Waals surface area contributed by atoms with E-state index in [1.165, 1.54) is 5.56 Å². The van der Waals surface area contributed by atoms with E-state index in [2.05, 4.69) is 55.7 Å². The molecule has 1 saturated carbocycles. The summed E-state index contributed by atoms with van der Waals surface area (Å²) in [4.78, 5) is 14.7. The summed E-state index contributed by atoms with van der Waals surface area (Å²) < 4.78 is 1.09. The smallest absolute Gasteiger partial charge is 0.274 e. The number of carbonyl (C=O) groups excluding carboxylic acids is 1. The molecular weight excluding hydrogens is 368 g/mol. The number of amides is 1. The van der Waals surface area contributed by atoms with Gasteiger partial charge < -0.3 is 10.2 Å². The van der Waals surface area contributed by atoms with Gasteiger partial charge in [0, 0.05) is 54.2 Å². The monoisotopic (exact) mass is 388 g/mol. The summed E-state index contributed by atoms with van der Waals surface area (Å²) in [6, 6.07) is 8.48. The molecule has 0 radical (unpaired) electrons. The lowest BCUT2D eigenvalue weighted by Crippen LogP contribution is -2.35. The summed E-state index contributed by atoms with van der Waals surface area (Å²) in [5, 5.41) is 10.6. The van der Waals surface area contributed by atoms with Gasteiger partial charge in [-0.1, -0.05) is 28.1 Å². The zero-order valence-electron chi connectivity index (χ0n) is 13.7. The molecule has 1 amide bonds. The third-order valence-corrected chi connectivity index (χ3v) is 5.73. The number of carbonyl (C=O) groups is 1. The number of likely N-dealkylation sites (N-methyl/N-ethyl adjacent to an activating group) is 1. The molecule has 0 saturated heterocycles. The topological polar surface area (TPSA) is 61.0 Å². The minimum absolute atomic E-state index is 0.0135. The van der Waals surface area contributed by atoms with Gasteiger partial charge >= 0.3 is 0 Å². The molecule has 4 rings (SSSR count). The highest BCUT2D eigenvalue weighted by Gasteiger charge is 2.46. The number of aromatic nitrogens is 2. The number of fused-ring (bicyclic) bond motifs is 1. The third kappa shape index (κ3) is 2.78. The normalized spacial score (nSPS) is 18.1. The van der Waals surface area contributed by atoms with Crippen LogP contribution in [0.2, 0.25) is 0 Å². The molecule has 1 aromatic heterocycles. The summed E-state index contributed by atoms with van der Waals surface area (Å²) in [5.74, 6) is 0.0135. The van der Waals surface area contributed by atoms with E-state index in [0.717, 1.165) is 54.6 Å². The van der Waals surface area contributed by atoms with Gasteiger partial charge in [-0.05, 0) is 30.5 Å². The Kier molecular flexibility index (Phi) is 3.96. The Morgan fingerprint density at radius 3 is 2.79 bits per heavy atom. The lowest BCUT2D eigenvalue weighted by atomic mass is 9.95. The van der Waals surface area contributed by atoms with Crippen LogP contribution in [0.4, 0.5) is 0 Å². The fourth-order valence-corrected chi connectivity index (χ4v) is 3.87. The van der Waals surface area contributed by atoms with Crippen molar-refractivity contribution in [3.05, 3.63) is 51.3 Å². The maximum atomic E-state index is 12.9. The molecule has 2 heterocycles. The Labute approximate surface area is 149 Å². The molecule has 0 atom stereocenters. The van der Waals surface area contributed by atoms with Crippen molar-refractivity contribution in [2.24, 2.45) is 0 Å². The van der Waals surface area contributed by atoms with Gasteiger partial charge in [0.05, 0.1) is 0 Å². The maximum absolute atomic E-state index is 12.9. The zero-order valence-corrected chi connectivity index (χ0v) is 15.3. The average Bonchev–Trinajstić information content (AvgIpc) is 3.24. The van der Waals surface area contributed by atoms with Gasteiger partial charge in [-0.25, -0.2) is 0 Å². The lowest BCUT2D eigenvalue weighted by Gasteiger charge is -2.24. The van der Waals surface area contributed by atoms with Gasteiger partial charge in [0.25, 0.3) is 5.91 Å². The standard InChI is InChI=1S/C18H21BrN4O/c1-23(11-18(7-8-18)12-2-4-13(19)5-3-12)17(24)16-14-10-20-9-6-15(14)21-22-16/h2-5,20H,6-11H2,1H3,(H,21,22). The molecule has 1 aromatic carbocycles. The van der Waals surface area contributed by atoms with E-state index in [0.29, 0.717) is 5.69 Å². The molecule has 1 aliphatic carbocycles. The highest BCUT2D eigenvalue weighted by Crippen LogP contribution is 2.48. The summed E-state index contributed by atoms with van der Waals surface area (Å²) in [6.07, 6.45) is 3.17. The number of hydrogen-bond donors (Lipinski definition) is 2. The fraction of sp³-hybridized carbons (Fsp3) is 0.444. The third-order valence-electron chi connectivity index (χ3n) is 5.21. The van der Waals surface area contributed by atoms with E-state index < -0.39 is 0 Å². The number of nitrogens with zero attached hydrogens (tertiary/aromatic N) is 2. The second-order valence-corrected chi connectivity index (χ2v) is 7.82. The number of H-pyrrole nitrogens is 1. The van der Waals surface area contributed by atoms with Crippen LogP contribution in [-0.2, 0) is 18.4 Å². The van der Waals surface area contributed by atoms with Crippen molar-refractivity contribution >= 4 is 21.8 Å². The largest absolute Gasteiger partial charge is 0.339 e. The van der Waals surface area contributed by atoms with Crippen LogP contribution >= 0.6 is 15.9 Å². The predicted octanol–water partition coefficient (Wildman–Crippen LogP) is 2.62. The average molecular weight is 389 g/mol. The SMILES string of the molecule is CN(CC1(c2ccc(Br)cc2)CC1)C(=O)c1n[nH]c2c1CNCC2. The Morgan fingerprint density at radius 1 is 1.33 bits per heavy atom. The lowest BCUT2D eigenvalue weighted by molar-refractivity contribution is 0.0774. The number of hydrogen-bond acceptors (Lipinski definition) is 3. The van der Waals surface area contributed by atoms with Crippen LogP contribution in [0.25, 0.3) is 0 Å². The van der Waals surface area contributed by atoms with Crippen LogP contribution in [0, 0.1) is 0 Å². The second-order valence-electron chi connectivity index (χ2n) is 6.90. The van der Waals surface area contributed by atoms with Crippen LogP contribution in [0.3, 0.4) is 0 Å². The number of nitrogens with one attached hydrogen (secondary N) is 2. The van der Waals surface area contributed by atoms with E-state index in [-0.39, 0.29) is 11.3 Å². The molecule has 0 spiro atoms. The summed E-state index contributed by atoms with van der Waals surface area (Å²) >= 11 is 3.49. The van der Waals surface area contributed by atoms with E-state index in [4.69, 9.17) is 0 Å². The molecule has 24 heavy (non-hydrogen) atoms. The van der Waals surface area contributed by atoms with Crippen molar-refractivity contribution in [3.8, 4) is 0 Å². The number of rotatable bonds is 4. The first kappa shape index (κ1) is 15.8. The molecular formula is C18H21BrN4O. The Bertz CT molecular complexity index is 764. The minimum Gasteiger partial charge on any atom is -0.339 e. The van der Waals surface area contributed by atoms with Crippen molar-refractivity contribution in [1.29, 1.82) is 0 Å². The molecule has 5 nitrogen and oxygen atoms in total. The summed E-state index contributed by atoms with van der Waals surface area (Å²) in [7, 11) is 1.89. The quantitative estimate of drug-likeness (QED) is 0.845.